The molecule has 0 aliphatic rings. The van der Waals surface area contributed by atoms with Gasteiger partial charge in [-0.1, -0.05) is 34.6 Å². The van der Waals surface area contributed by atoms with Crippen molar-refractivity contribution in [3.8, 4) is 0 Å². The van der Waals surface area contributed by atoms with Gasteiger partial charge in [0.25, 0.3) is 0 Å². The molecule has 0 atom stereocenters. The van der Waals surface area contributed by atoms with Crippen molar-refractivity contribution in [1.82, 2.24) is 9.38 Å². The van der Waals surface area contributed by atoms with Crippen molar-refractivity contribution >= 4 is 34.3 Å². The minimum absolute atomic E-state index is 0.796. The van der Waals surface area contributed by atoms with Gasteiger partial charge in [0.05, 0.1) is 6.21 Å². The average molecular weight is 289 g/mol. The van der Waals surface area contributed by atoms with Crippen LogP contribution in [0.25, 0.3) is 4.96 Å². The lowest BCUT2D eigenvalue weighted by Crippen LogP contribution is -1.89. The molecule has 0 aliphatic carbocycles. The molecule has 19 heavy (non-hydrogen) atoms. The maximum atomic E-state index is 8.78. The summed E-state index contributed by atoms with van der Waals surface area (Å²) in [6.45, 7) is 2.06. The Hall–Kier alpha value is -1.79. The highest BCUT2D eigenvalue weighted by Crippen LogP contribution is 2.31. The van der Waals surface area contributed by atoms with E-state index in [4.69, 9.17) is 5.21 Å². The van der Waals surface area contributed by atoms with Gasteiger partial charge in [-0.05, 0) is 19.1 Å². The quantitative estimate of drug-likeness (QED) is 0.455. The highest BCUT2D eigenvalue weighted by atomic mass is 32.2. The van der Waals surface area contributed by atoms with Crippen LogP contribution in [0, 0.1) is 6.92 Å². The third-order valence-electron chi connectivity index (χ3n) is 2.68. The molecule has 1 N–H and O–H groups in total. The molecule has 1 aromatic carbocycles. The molecule has 96 valence electrons. The zero-order valence-electron chi connectivity index (χ0n) is 10.1. The minimum Gasteiger partial charge on any atom is -0.411 e. The van der Waals surface area contributed by atoms with Crippen molar-refractivity contribution in [2.24, 2.45) is 5.16 Å². The molecule has 0 saturated carbocycles. The fourth-order valence-corrected chi connectivity index (χ4v) is 3.41. The predicted molar refractivity (Wildman–Crippen MR) is 77.8 cm³/mol. The Morgan fingerprint density at radius 2 is 2.16 bits per heavy atom. The van der Waals surface area contributed by atoms with Gasteiger partial charge in [0.1, 0.15) is 10.7 Å². The highest BCUT2D eigenvalue weighted by Gasteiger charge is 2.12. The van der Waals surface area contributed by atoms with E-state index in [0.29, 0.717) is 0 Å². The topological polar surface area (TPSA) is 49.9 Å². The molecule has 0 saturated heterocycles. The summed E-state index contributed by atoms with van der Waals surface area (Å²) in [7, 11) is 0. The lowest BCUT2D eigenvalue weighted by molar-refractivity contribution is 0.321. The average Bonchev–Trinajstić information content (AvgIpc) is 2.96. The van der Waals surface area contributed by atoms with Crippen LogP contribution >= 0.6 is 23.1 Å². The lowest BCUT2D eigenvalue weighted by Gasteiger charge is -2.00. The van der Waals surface area contributed by atoms with Crippen molar-refractivity contribution in [3.05, 3.63) is 47.1 Å². The van der Waals surface area contributed by atoms with Crippen LogP contribution in [0.2, 0.25) is 0 Å². The number of imidazole rings is 1. The Morgan fingerprint density at radius 3 is 2.89 bits per heavy atom. The van der Waals surface area contributed by atoms with Gasteiger partial charge in [-0.25, -0.2) is 4.98 Å². The van der Waals surface area contributed by atoms with Crippen LogP contribution in [0.5, 0.6) is 0 Å². The van der Waals surface area contributed by atoms with Gasteiger partial charge in [-0.3, -0.25) is 4.40 Å². The summed E-state index contributed by atoms with van der Waals surface area (Å²) in [5.41, 5.74) is 2.02. The number of benzene rings is 1. The Bertz CT molecular complexity index is 728. The maximum absolute atomic E-state index is 8.78. The zero-order valence-corrected chi connectivity index (χ0v) is 11.8. The number of thiazole rings is 1. The van der Waals surface area contributed by atoms with Crippen LogP contribution in [-0.4, -0.2) is 20.8 Å². The molecule has 2 aromatic heterocycles. The summed E-state index contributed by atoms with van der Waals surface area (Å²) in [5.74, 6) is 0. The van der Waals surface area contributed by atoms with Crippen LogP contribution in [0.3, 0.4) is 0 Å². The summed E-state index contributed by atoms with van der Waals surface area (Å²) in [6, 6.07) is 8.27. The Kier molecular flexibility index (Phi) is 3.27. The van der Waals surface area contributed by atoms with Gasteiger partial charge in [-0.15, -0.1) is 11.3 Å². The smallest absolute Gasteiger partial charge is 0.195 e. The summed E-state index contributed by atoms with van der Waals surface area (Å²) in [6.07, 6.45) is 3.34. The Balaban J connectivity index is 2.02. The molecule has 4 nitrogen and oxygen atoms in total. The van der Waals surface area contributed by atoms with Gasteiger partial charge in [0.2, 0.25) is 0 Å². The third kappa shape index (κ3) is 2.36. The number of fused-ring (bicyclic) bond motifs is 1. The third-order valence-corrected chi connectivity index (χ3v) is 4.44. The van der Waals surface area contributed by atoms with E-state index >= 15 is 0 Å². The summed E-state index contributed by atoms with van der Waals surface area (Å²) >= 11 is 3.12. The molecule has 0 aliphatic heterocycles. The van der Waals surface area contributed by atoms with Gasteiger partial charge < -0.3 is 5.21 Å². The molecule has 0 spiro atoms. The molecule has 0 unspecified atom stereocenters. The number of oxime groups is 1. The van der Waals surface area contributed by atoms with Crippen LogP contribution < -0.4 is 0 Å². The van der Waals surface area contributed by atoms with Gasteiger partial charge in [-0.2, -0.15) is 0 Å². The molecular formula is C13H11N3OS2. The minimum atomic E-state index is 0.796. The molecule has 0 fully saturated rings. The second-order valence-corrected chi connectivity index (χ2v) is 5.95. The summed E-state index contributed by atoms with van der Waals surface area (Å²) in [5, 5.41) is 14.7. The largest absolute Gasteiger partial charge is 0.411 e. The number of rotatable bonds is 3. The van der Waals surface area contributed by atoms with E-state index < -0.39 is 0 Å². The first-order valence-corrected chi connectivity index (χ1v) is 7.35. The van der Waals surface area contributed by atoms with E-state index in [1.165, 1.54) is 11.8 Å². The van der Waals surface area contributed by atoms with Crippen molar-refractivity contribution in [3.63, 3.8) is 0 Å². The van der Waals surface area contributed by atoms with Crippen LogP contribution in [0.15, 0.2) is 50.9 Å². The van der Waals surface area contributed by atoms with E-state index in [1.54, 1.807) is 23.1 Å². The van der Waals surface area contributed by atoms with E-state index in [9.17, 15) is 0 Å². The standard InChI is InChI=1S/C13H11N3OS2/c1-9-2-4-10(5-3-9)19-12-11(8-14-17)16-6-7-18-13(16)15-12/h2-8,17H,1H3/b14-8+. The molecular weight excluding hydrogens is 278 g/mol. The molecule has 6 heteroatoms. The monoisotopic (exact) mass is 289 g/mol. The van der Waals surface area contributed by atoms with Crippen LogP contribution in [-0.2, 0) is 0 Å². The Morgan fingerprint density at radius 1 is 1.37 bits per heavy atom. The first-order chi connectivity index (χ1) is 9.28. The molecule has 0 amide bonds. The van der Waals surface area contributed by atoms with Crippen molar-refractivity contribution in [1.29, 1.82) is 0 Å². The van der Waals surface area contributed by atoms with E-state index in [-0.39, 0.29) is 0 Å². The molecule has 3 aromatic rings. The molecule has 2 heterocycles. The zero-order chi connectivity index (χ0) is 13.2. The van der Waals surface area contributed by atoms with Crippen molar-refractivity contribution < 1.29 is 5.21 Å². The van der Waals surface area contributed by atoms with Crippen LogP contribution in [0.1, 0.15) is 11.3 Å². The first kappa shape index (κ1) is 12.3. The normalized spacial score (nSPS) is 11.6. The second-order valence-electron chi connectivity index (χ2n) is 4.02. The van der Waals surface area contributed by atoms with Crippen molar-refractivity contribution in [2.45, 2.75) is 16.8 Å². The second kappa shape index (κ2) is 5.07. The van der Waals surface area contributed by atoms with Crippen molar-refractivity contribution in [2.75, 3.05) is 0 Å². The SMILES string of the molecule is Cc1ccc(Sc2nc3sccn3c2/C=N/O)cc1. The number of nitrogens with zero attached hydrogens (tertiary/aromatic N) is 3. The van der Waals surface area contributed by atoms with E-state index in [2.05, 4.69) is 41.3 Å². The lowest BCUT2D eigenvalue weighted by atomic mass is 10.2. The molecule has 3 rings (SSSR count). The van der Waals surface area contributed by atoms with E-state index in [1.807, 2.05) is 16.0 Å². The number of hydrogen-bond donors (Lipinski definition) is 1. The highest BCUT2D eigenvalue weighted by molar-refractivity contribution is 7.99. The Labute approximate surface area is 118 Å². The van der Waals surface area contributed by atoms with Gasteiger partial charge in [0.15, 0.2) is 4.96 Å². The number of aromatic nitrogens is 2. The van der Waals surface area contributed by atoms with Gasteiger partial charge >= 0.3 is 0 Å². The van der Waals surface area contributed by atoms with E-state index in [0.717, 1.165) is 20.6 Å². The van der Waals surface area contributed by atoms with Gasteiger partial charge in [0, 0.05) is 16.5 Å². The summed E-state index contributed by atoms with van der Waals surface area (Å²) < 4.78 is 1.92. The fraction of sp³-hybridized carbons (Fsp3) is 0.0769. The summed E-state index contributed by atoms with van der Waals surface area (Å²) in [4.78, 5) is 6.56. The van der Waals surface area contributed by atoms with Crippen LogP contribution in [0.4, 0.5) is 0 Å². The number of aryl methyl sites for hydroxylation is 1. The first-order valence-electron chi connectivity index (χ1n) is 5.65. The number of hydrogen-bond acceptors (Lipinski definition) is 5. The fourth-order valence-electron chi connectivity index (χ4n) is 1.75. The maximum Gasteiger partial charge on any atom is 0.195 e. The molecule has 0 bridgehead atoms. The predicted octanol–water partition coefficient (Wildman–Crippen LogP) is 3.66. The molecule has 0 radical (unpaired) electrons.